The maximum Gasteiger partial charge on any atom is 0.416 e. The number of benzene rings is 2. The van der Waals surface area contributed by atoms with Crippen LogP contribution in [0.25, 0.3) is 0 Å². The molecule has 2 aromatic carbocycles. The Bertz CT molecular complexity index is 959. The molecule has 2 aromatic rings. The summed E-state index contributed by atoms with van der Waals surface area (Å²) in [5.41, 5.74) is 0.917. The molecule has 4 rings (SSSR count). The highest BCUT2D eigenvalue weighted by Gasteiger charge is 2.45. The van der Waals surface area contributed by atoms with Crippen LogP contribution >= 0.6 is 12.4 Å². The van der Waals surface area contributed by atoms with E-state index in [1.807, 2.05) is 18.2 Å². The third-order valence-corrected chi connectivity index (χ3v) is 6.65. The van der Waals surface area contributed by atoms with Gasteiger partial charge >= 0.3 is 6.18 Å². The molecule has 0 aromatic heterocycles. The highest BCUT2D eigenvalue weighted by Crippen LogP contribution is 2.37. The molecule has 0 amide bonds. The number of nitrogens with one attached hydrogen (secondary N) is 1. The summed E-state index contributed by atoms with van der Waals surface area (Å²) < 4.78 is 44.4. The van der Waals surface area contributed by atoms with Crippen molar-refractivity contribution in [2.24, 2.45) is 0 Å². The number of methoxy groups -OCH3 is 1. The molecule has 0 aliphatic carbocycles. The fourth-order valence-corrected chi connectivity index (χ4v) is 4.99. The number of alkyl halides is 3. The highest BCUT2D eigenvalue weighted by atomic mass is 35.5. The van der Waals surface area contributed by atoms with Gasteiger partial charge in [0.15, 0.2) is 5.78 Å². The van der Waals surface area contributed by atoms with Gasteiger partial charge in [0.1, 0.15) is 11.3 Å². The zero-order chi connectivity index (χ0) is 22.8. The number of Topliss-reactive ketones (excluding diaryl/α,β-unsaturated/α-hetero) is 1. The second kappa shape index (κ2) is 10.5. The van der Waals surface area contributed by atoms with Crippen LogP contribution in [0.3, 0.4) is 0 Å². The molecule has 1 saturated heterocycles. The average molecular weight is 483 g/mol. The van der Waals surface area contributed by atoms with Crippen LogP contribution in [0, 0.1) is 0 Å². The van der Waals surface area contributed by atoms with Crippen molar-refractivity contribution in [3.8, 4) is 5.75 Å². The van der Waals surface area contributed by atoms with Gasteiger partial charge in [-0.1, -0.05) is 30.7 Å². The van der Waals surface area contributed by atoms with Crippen LogP contribution in [-0.2, 0) is 29.4 Å². The minimum absolute atomic E-state index is 0. The summed E-state index contributed by atoms with van der Waals surface area (Å²) in [5.74, 6) is 0.742. The van der Waals surface area contributed by atoms with Gasteiger partial charge in [-0.05, 0) is 61.7 Å². The molecule has 1 fully saturated rings. The van der Waals surface area contributed by atoms with Crippen LogP contribution in [0.1, 0.15) is 41.5 Å². The minimum Gasteiger partial charge on any atom is -0.496 e. The summed E-state index contributed by atoms with van der Waals surface area (Å²) in [6.07, 6.45) is -0.161. The molecule has 2 aliphatic heterocycles. The van der Waals surface area contributed by atoms with Crippen molar-refractivity contribution in [3.05, 3.63) is 64.7 Å². The van der Waals surface area contributed by atoms with E-state index < -0.39 is 17.3 Å². The van der Waals surface area contributed by atoms with Gasteiger partial charge in [0.2, 0.25) is 0 Å². The Balaban J connectivity index is 0.00000306. The molecule has 4 nitrogen and oxygen atoms in total. The van der Waals surface area contributed by atoms with E-state index in [1.165, 1.54) is 18.6 Å². The highest BCUT2D eigenvalue weighted by molar-refractivity contribution is 5.92. The van der Waals surface area contributed by atoms with Gasteiger partial charge in [-0.25, -0.2) is 0 Å². The second-order valence-corrected chi connectivity index (χ2v) is 8.70. The van der Waals surface area contributed by atoms with E-state index in [0.717, 1.165) is 61.4 Å². The largest absolute Gasteiger partial charge is 0.496 e. The van der Waals surface area contributed by atoms with Crippen molar-refractivity contribution in [2.75, 3.05) is 33.3 Å². The van der Waals surface area contributed by atoms with E-state index in [1.54, 1.807) is 7.11 Å². The van der Waals surface area contributed by atoms with Gasteiger partial charge < -0.3 is 9.64 Å². The van der Waals surface area contributed by atoms with E-state index >= 15 is 0 Å². The Kier molecular flexibility index (Phi) is 8.08. The molecule has 0 radical (unpaired) electrons. The number of rotatable bonds is 6. The predicted molar refractivity (Wildman–Crippen MR) is 124 cm³/mol. The van der Waals surface area contributed by atoms with Crippen molar-refractivity contribution in [1.29, 1.82) is 0 Å². The Morgan fingerprint density at radius 3 is 2.42 bits per heavy atom. The average Bonchev–Trinajstić information content (AvgIpc) is 2.79. The number of carbonyl (C=O) groups is 1. The van der Waals surface area contributed by atoms with Crippen molar-refractivity contribution in [3.63, 3.8) is 0 Å². The molecule has 1 atom stereocenters. The number of hydrogen-bond donors (Lipinski definition) is 1. The maximum absolute atomic E-state index is 13.9. The summed E-state index contributed by atoms with van der Waals surface area (Å²) in [6, 6.07) is 10.7. The van der Waals surface area contributed by atoms with E-state index in [-0.39, 0.29) is 24.6 Å². The third kappa shape index (κ3) is 5.36. The Morgan fingerprint density at radius 2 is 1.79 bits per heavy atom. The molecule has 8 heteroatoms. The molecule has 0 bridgehead atoms. The van der Waals surface area contributed by atoms with Gasteiger partial charge in [0.05, 0.1) is 12.7 Å². The Hall–Kier alpha value is -2.09. The van der Waals surface area contributed by atoms with Gasteiger partial charge in [-0.3, -0.25) is 10.1 Å². The fourth-order valence-electron chi connectivity index (χ4n) is 4.99. The predicted octanol–water partition coefficient (Wildman–Crippen LogP) is 4.77. The van der Waals surface area contributed by atoms with Gasteiger partial charge in [-0.2, -0.15) is 13.2 Å². The summed E-state index contributed by atoms with van der Waals surface area (Å²) >= 11 is 0. The third-order valence-electron chi connectivity index (χ3n) is 6.65. The van der Waals surface area contributed by atoms with Crippen molar-refractivity contribution in [1.82, 2.24) is 10.2 Å². The number of nitrogens with zero attached hydrogens (tertiary/aromatic N) is 1. The van der Waals surface area contributed by atoms with Crippen molar-refractivity contribution in [2.45, 2.75) is 43.8 Å². The van der Waals surface area contributed by atoms with Crippen LogP contribution in [0.4, 0.5) is 13.2 Å². The first-order valence-corrected chi connectivity index (χ1v) is 11.2. The zero-order valence-corrected chi connectivity index (χ0v) is 19.5. The lowest BCUT2D eigenvalue weighted by Crippen LogP contribution is -2.60. The van der Waals surface area contributed by atoms with Crippen LogP contribution < -0.4 is 10.1 Å². The summed E-state index contributed by atoms with van der Waals surface area (Å²) in [4.78, 5) is 16.2. The Morgan fingerprint density at radius 1 is 1.09 bits per heavy atom. The summed E-state index contributed by atoms with van der Waals surface area (Å²) in [6.45, 7) is 3.07. The molecule has 2 heterocycles. The normalized spacial score (nSPS) is 21.1. The maximum atomic E-state index is 13.9. The molecule has 0 saturated carbocycles. The van der Waals surface area contributed by atoms with Gasteiger partial charge in [-0.15, -0.1) is 12.4 Å². The number of ether oxygens (including phenoxy) is 1. The molecule has 1 N–H and O–H groups in total. The van der Waals surface area contributed by atoms with Gasteiger partial charge in [0, 0.05) is 25.1 Å². The quantitative estimate of drug-likeness (QED) is 0.643. The second-order valence-electron chi connectivity index (χ2n) is 8.70. The molecule has 0 spiro atoms. The molecular formula is C25H30ClF3N2O2. The first-order chi connectivity index (χ1) is 15.3. The lowest BCUT2D eigenvalue weighted by molar-refractivity contribution is -0.137. The first-order valence-electron chi connectivity index (χ1n) is 11.2. The number of fused-ring (bicyclic) bond motifs is 1. The smallest absolute Gasteiger partial charge is 0.416 e. The van der Waals surface area contributed by atoms with Crippen LogP contribution in [0.5, 0.6) is 5.75 Å². The molecule has 33 heavy (non-hydrogen) atoms. The molecule has 1 unspecified atom stereocenters. The number of ketones is 1. The number of piperidine rings is 1. The van der Waals surface area contributed by atoms with Crippen molar-refractivity contribution < 1.29 is 22.7 Å². The fraction of sp³-hybridized carbons (Fsp3) is 0.480. The first kappa shape index (κ1) is 25.5. The molecular weight excluding hydrogens is 453 g/mol. The van der Waals surface area contributed by atoms with Crippen LogP contribution in [0.2, 0.25) is 0 Å². The van der Waals surface area contributed by atoms with Crippen LogP contribution in [-0.4, -0.2) is 44.0 Å². The number of carbonyl (C=O) groups excluding carboxylic acids is 1. The topological polar surface area (TPSA) is 41.6 Å². The molecule has 2 aliphatic rings. The lowest BCUT2D eigenvalue weighted by Gasteiger charge is -2.43. The number of halogens is 4. The van der Waals surface area contributed by atoms with Crippen molar-refractivity contribution >= 4 is 18.2 Å². The lowest BCUT2D eigenvalue weighted by atomic mass is 9.76. The van der Waals surface area contributed by atoms with Gasteiger partial charge in [0.25, 0.3) is 0 Å². The zero-order valence-electron chi connectivity index (χ0n) is 18.7. The van der Waals surface area contributed by atoms with E-state index in [2.05, 4.69) is 10.2 Å². The van der Waals surface area contributed by atoms with Crippen LogP contribution in [0.15, 0.2) is 42.5 Å². The van der Waals surface area contributed by atoms with E-state index in [0.29, 0.717) is 18.7 Å². The minimum atomic E-state index is -4.39. The Labute approximate surface area is 198 Å². The van der Waals surface area contributed by atoms with E-state index in [9.17, 15) is 18.0 Å². The monoisotopic (exact) mass is 482 g/mol. The van der Waals surface area contributed by atoms with E-state index in [4.69, 9.17) is 4.74 Å². The summed E-state index contributed by atoms with van der Waals surface area (Å²) in [7, 11) is 1.63. The number of likely N-dealkylation sites (tertiary alicyclic amines) is 1. The summed E-state index contributed by atoms with van der Waals surface area (Å²) in [5, 5.41) is 3.52. The molecule has 180 valence electrons. The standard InChI is InChI=1S/C25H29F3N2O2.ClH/c1-32-22-7-5-6-21-20(22)12-13-29-24(21,17-30-14-3-2-4-15-30)23(31)16-18-8-10-19(11-9-18)25(26,27)28;/h5-11,29H,2-4,12-17H2,1H3;1H. The SMILES string of the molecule is COc1cccc2c1CCNC2(CN1CCCCC1)C(=O)Cc1ccc(C(F)(F)F)cc1.Cl. The number of hydrogen-bond acceptors (Lipinski definition) is 4.